The second-order valence-electron chi connectivity index (χ2n) is 10.6. The van der Waals surface area contributed by atoms with Gasteiger partial charge in [0, 0.05) is 38.7 Å². The van der Waals surface area contributed by atoms with Crippen LogP contribution in [0.3, 0.4) is 0 Å². The summed E-state index contributed by atoms with van der Waals surface area (Å²) < 4.78 is 7.75. The summed E-state index contributed by atoms with van der Waals surface area (Å²) in [6.45, 7) is 4.06. The average Bonchev–Trinajstić information content (AvgIpc) is 3.62. The molecule has 1 amide bonds. The number of hydrogen-bond acceptors (Lipinski definition) is 4. The highest BCUT2D eigenvalue weighted by atomic mass is 16.6. The van der Waals surface area contributed by atoms with Gasteiger partial charge < -0.3 is 14.4 Å². The molecule has 182 valence electrons. The molecule has 1 aromatic heterocycles. The highest BCUT2D eigenvalue weighted by Gasteiger charge is 2.56. The fourth-order valence-electron chi connectivity index (χ4n) is 5.45. The van der Waals surface area contributed by atoms with E-state index in [2.05, 4.69) is 12.1 Å². The van der Waals surface area contributed by atoms with Gasteiger partial charge in [0.2, 0.25) is 0 Å². The lowest BCUT2D eigenvalue weighted by molar-refractivity contribution is -0.104. The van der Waals surface area contributed by atoms with Gasteiger partial charge in [0.05, 0.1) is 11.1 Å². The van der Waals surface area contributed by atoms with Crippen LogP contribution in [0.1, 0.15) is 50.7 Å². The number of carbonyl (C=O) groups is 1. The van der Waals surface area contributed by atoms with Gasteiger partial charge in [-0.1, -0.05) is 54.6 Å². The fraction of sp³-hybridized carbons (Fsp3) is 0.379. The van der Waals surface area contributed by atoms with Crippen molar-refractivity contribution in [3.63, 3.8) is 0 Å². The molecule has 2 heterocycles. The Labute approximate surface area is 205 Å². The number of rotatable bonds is 6. The van der Waals surface area contributed by atoms with E-state index in [0.717, 1.165) is 35.1 Å². The smallest absolute Gasteiger partial charge is 0.411 e. The Hall–Kier alpha value is -3.38. The van der Waals surface area contributed by atoms with Gasteiger partial charge in [0.25, 0.3) is 5.56 Å². The van der Waals surface area contributed by atoms with Crippen LogP contribution in [0.5, 0.6) is 0 Å². The first-order valence-corrected chi connectivity index (χ1v) is 12.2. The van der Waals surface area contributed by atoms with Crippen molar-refractivity contribution in [3.8, 4) is 11.1 Å². The van der Waals surface area contributed by atoms with Crippen molar-refractivity contribution in [2.75, 3.05) is 6.54 Å². The molecule has 6 heteroatoms. The summed E-state index contributed by atoms with van der Waals surface area (Å²) in [6, 6.07) is 21.5. The lowest BCUT2D eigenvalue weighted by atomic mass is 9.80. The van der Waals surface area contributed by atoms with E-state index in [1.54, 1.807) is 37.7 Å². The summed E-state index contributed by atoms with van der Waals surface area (Å²) in [6.07, 6.45) is 4.15. The number of ether oxygens (including phenoxy) is 1. The Morgan fingerprint density at radius 1 is 0.914 bits per heavy atom. The van der Waals surface area contributed by atoms with Gasteiger partial charge in [-0.25, -0.2) is 4.79 Å². The van der Waals surface area contributed by atoms with Crippen LogP contribution in [0, 0.1) is 0 Å². The normalized spacial score (nSPS) is 21.5. The molecule has 2 aromatic carbocycles. The summed E-state index contributed by atoms with van der Waals surface area (Å²) in [5.41, 5.74) is 1.60. The highest BCUT2D eigenvalue weighted by molar-refractivity contribution is 5.72. The third-order valence-electron chi connectivity index (χ3n) is 7.36. The van der Waals surface area contributed by atoms with Crippen LogP contribution < -0.4 is 5.56 Å². The molecule has 1 unspecified atom stereocenters. The summed E-state index contributed by atoms with van der Waals surface area (Å²) in [4.78, 5) is 27.4. The number of pyridine rings is 1. The topological polar surface area (TPSA) is 71.8 Å². The SMILES string of the molecule is Cn1ccc(-c2ccc(C3(N4CCC(CC(C)(C)O)(c5ccccc5)OC4=O)CC3)cc2)cc1=O. The average molecular weight is 473 g/mol. The van der Waals surface area contributed by atoms with E-state index in [1.165, 1.54) is 0 Å². The van der Waals surface area contributed by atoms with Crippen LogP contribution in [0.4, 0.5) is 4.79 Å². The number of aliphatic hydroxyl groups is 1. The first kappa shape index (κ1) is 23.4. The maximum Gasteiger partial charge on any atom is 0.411 e. The molecule has 5 rings (SSSR count). The molecule has 1 saturated heterocycles. The number of aryl methyl sites for hydroxylation is 1. The zero-order chi connectivity index (χ0) is 24.8. The molecule has 0 bridgehead atoms. The molecule has 3 aromatic rings. The van der Waals surface area contributed by atoms with Crippen molar-refractivity contribution < 1.29 is 14.6 Å². The standard InChI is InChI=1S/C29H32N2O4/c1-27(2,34)20-29(24-7-5-4-6-8-24)16-18-31(26(33)35-29)28(14-15-28)23-11-9-21(10-12-23)22-13-17-30(3)25(32)19-22/h4-13,17,19,34H,14-16,18,20H2,1-3H3. The first-order valence-electron chi connectivity index (χ1n) is 12.2. The van der Waals surface area contributed by atoms with Crippen molar-refractivity contribution in [1.29, 1.82) is 0 Å². The van der Waals surface area contributed by atoms with Gasteiger partial charge in [-0.3, -0.25) is 9.69 Å². The Kier molecular flexibility index (Phi) is 5.59. The molecule has 0 spiro atoms. The number of amides is 1. The minimum absolute atomic E-state index is 0.0470. The molecule has 6 nitrogen and oxygen atoms in total. The predicted molar refractivity (Wildman–Crippen MR) is 135 cm³/mol. The zero-order valence-corrected chi connectivity index (χ0v) is 20.5. The monoisotopic (exact) mass is 472 g/mol. The summed E-state index contributed by atoms with van der Waals surface area (Å²) >= 11 is 0. The molecule has 1 N–H and O–H groups in total. The fourth-order valence-corrected chi connectivity index (χ4v) is 5.45. The summed E-state index contributed by atoms with van der Waals surface area (Å²) in [5, 5.41) is 10.6. The number of hydrogen-bond donors (Lipinski definition) is 1. The van der Waals surface area contributed by atoms with Gasteiger partial charge in [-0.15, -0.1) is 0 Å². The maximum atomic E-state index is 13.5. The highest BCUT2D eigenvalue weighted by Crippen LogP contribution is 2.54. The molecule has 1 saturated carbocycles. The number of nitrogens with zero attached hydrogens (tertiary/aromatic N) is 2. The molecular weight excluding hydrogens is 440 g/mol. The lowest BCUT2D eigenvalue weighted by Gasteiger charge is -2.46. The van der Waals surface area contributed by atoms with Gasteiger partial charge >= 0.3 is 6.09 Å². The molecule has 1 aliphatic heterocycles. The minimum Gasteiger partial charge on any atom is -0.438 e. The molecule has 1 atom stereocenters. The third-order valence-corrected chi connectivity index (χ3v) is 7.36. The van der Waals surface area contributed by atoms with Gasteiger partial charge in [-0.2, -0.15) is 0 Å². The summed E-state index contributed by atoms with van der Waals surface area (Å²) in [5.74, 6) is 0. The molecule has 0 radical (unpaired) electrons. The van der Waals surface area contributed by atoms with Crippen molar-refractivity contribution in [1.82, 2.24) is 9.47 Å². The molecule has 1 aliphatic carbocycles. The van der Waals surface area contributed by atoms with E-state index >= 15 is 0 Å². The van der Waals surface area contributed by atoms with E-state index in [4.69, 9.17) is 4.74 Å². The maximum absolute atomic E-state index is 13.5. The van der Waals surface area contributed by atoms with Crippen LogP contribution >= 0.6 is 0 Å². The van der Waals surface area contributed by atoms with Crippen LogP contribution in [0.2, 0.25) is 0 Å². The second-order valence-corrected chi connectivity index (χ2v) is 10.6. The van der Waals surface area contributed by atoms with E-state index in [0.29, 0.717) is 19.4 Å². The largest absolute Gasteiger partial charge is 0.438 e. The number of cyclic esters (lactones) is 1. The van der Waals surface area contributed by atoms with Gasteiger partial charge in [0.1, 0.15) is 5.60 Å². The van der Waals surface area contributed by atoms with Crippen LogP contribution in [-0.4, -0.2) is 32.8 Å². The van der Waals surface area contributed by atoms with Gasteiger partial charge in [0.15, 0.2) is 0 Å². The third kappa shape index (κ3) is 4.39. The van der Waals surface area contributed by atoms with E-state index < -0.39 is 11.2 Å². The number of carbonyl (C=O) groups excluding carboxylic acids is 1. The molecule has 2 aliphatic rings. The Morgan fingerprint density at radius 3 is 2.17 bits per heavy atom. The van der Waals surface area contributed by atoms with Crippen molar-refractivity contribution in [3.05, 3.63) is 94.4 Å². The van der Waals surface area contributed by atoms with Crippen molar-refractivity contribution in [2.45, 2.75) is 56.3 Å². The van der Waals surface area contributed by atoms with Crippen LogP contribution in [0.25, 0.3) is 11.1 Å². The Morgan fingerprint density at radius 2 is 1.60 bits per heavy atom. The minimum atomic E-state index is -0.982. The Bertz CT molecular complexity index is 1290. The van der Waals surface area contributed by atoms with Crippen molar-refractivity contribution in [2.24, 2.45) is 7.05 Å². The second kappa shape index (κ2) is 8.38. The summed E-state index contributed by atoms with van der Waals surface area (Å²) in [7, 11) is 1.73. The van der Waals surface area contributed by atoms with Crippen molar-refractivity contribution >= 4 is 6.09 Å². The Balaban J connectivity index is 1.40. The van der Waals surface area contributed by atoms with Crippen LogP contribution in [0.15, 0.2) is 77.7 Å². The number of benzene rings is 2. The van der Waals surface area contributed by atoms with Gasteiger partial charge in [-0.05, 0) is 55.0 Å². The number of aromatic nitrogens is 1. The van der Waals surface area contributed by atoms with E-state index in [1.807, 2.05) is 53.4 Å². The molecular formula is C29H32N2O4. The van der Waals surface area contributed by atoms with Crippen LogP contribution in [-0.2, 0) is 22.9 Å². The van der Waals surface area contributed by atoms with E-state index in [9.17, 15) is 14.7 Å². The zero-order valence-electron chi connectivity index (χ0n) is 20.5. The quantitative estimate of drug-likeness (QED) is 0.552. The predicted octanol–water partition coefficient (Wildman–Crippen LogP) is 4.94. The lowest BCUT2D eigenvalue weighted by Crippen LogP contribution is -2.53. The first-order chi connectivity index (χ1) is 16.6. The molecule has 2 fully saturated rings. The van der Waals surface area contributed by atoms with E-state index in [-0.39, 0.29) is 17.2 Å². The molecule has 35 heavy (non-hydrogen) atoms.